The van der Waals surface area contributed by atoms with Gasteiger partial charge in [-0.15, -0.1) is 0 Å². The second-order valence-electron chi connectivity index (χ2n) is 7.11. The molecule has 4 rings (SSSR count). The molecule has 5 heteroatoms. The molecule has 1 N–H and O–H groups in total. The number of aryl methyl sites for hydroxylation is 2. The molecule has 0 saturated carbocycles. The van der Waals surface area contributed by atoms with Crippen molar-refractivity contribution in [2.45, 2.75) is 33.2 Å². The molecule has 0 atom stereocenters. The highest BCUT2D eigenvalue weighted by Crippen LogP contribution is 2.29. The zero-order valence-corrected chi connectivity index (χ0v) is 15.1. The molecule has 1 aliphatic heterocycles. The van der Waals surface area contributed by atoms with E-state index >= 15 is 0 Å². The largest absolute Gasteiger partial charge is 0.507 e. The summed E-state index contributed by atoms with van der Waals surface area (Å²) in [5.74, 6) is 0.732. The van der Waals surface area contributed by atoms with Crippen LogP contribution in [0.5, 0.6) is 5.75 Å². The van der Waals surface area contributed by atoms with Crippen LogP contribution in [-0.2, 0) is 6.54 Å². The molecule has 0 aliphatic carbocycles. The molecule has 0 spiro atoms. The maximum absolute atomic E-state index is 12.6. The predicted molar refractivity (Wildman–Crippen MR) is 101 cm³/mol. The van der Waals surface area contributed by atoms with E-state index in [1.165, 1.54) is 18.9 Å². The van der Waals surface area contributed by atoms with Crippen LogP contribution < -0.4 is 5.43 Å². The van der Waals surface area contributed by atoms with Gasteiger partial charge in [-0.1, -0.05) is 0 Å². The molecule has 1 aromatic carbocycles. The Morgan fingerprint density at radius 1 is 1.12 bits per heavy atom. The molecule has 1 saturated heterocycles. The summed E-state index contributed by atoms with van der Waals surface area (Å²) in [6.45, 7) is 6.68. The number of pyridine rings is 1. The lowest BCUT2D eigenvalue weighted by atomic mass is 10.0. The molecule has 26 heavy (non-hydrogen) atoms. The molecule has 1 fully saturated rings. The molecule has 5 nitrogen and oxygen atoms in total. The number of rotatable bonds is 3. The van der Waals surface area contributed by atoms with Crippen molar-refractivity contribution in [3.63, 3.8) is 0 Å². The lowest BCUT2D eigenvalue weighted by Crippen LogP contribution is -2.18. The topological polar surface area (TPSA) is 66.6 Å². The maximum atomic E-state index is 12.6. The number of aromatic nitrogens is 1. The third-order valence-electron chi connectivity index (χ3n) is 5.02. The van der Waals surface area contributed by atoms with Gasteiger partial charge < -0.3 is 9.52 Å². The molecule has 3 aromatic rings. The molecule has 2 aromatic heterocycles. The van der Waals surface area contributed by atoms with Gasteiger partial charge in [-0.05, 0) is 74.7 Å². The van der Waals surface area contributed by atoms with Crippen molar-refractivity contribution in [1.29, 1.82) is 0 Å². The lowest BCUT2D eigenvalue weighted by molar-refractivity contribution is 0.331. The Balaban J connectivity index is 1.74. The molecule has 0 unspecified atom stereocenters. The van der Waals surface area contributed by atoms with E-state index in [2.05, 4.69) is 9.88 Å². The summed E-state index contributed by atoms with van der Waals surface area (Å²) in [5.41, 5.74) is 3.55. The molecule has 3 heterocycles. The van der Waals surface area contributed by atoms with Crippen LogP contribution in [0.4, 0.5) is 0 Å². The van der Waals surface area contributed by atoms with Crippen LogP contribution >= 0.6 is 0 Å². The van der Waals surface area contributed by atoms with Crippen molar-refractivity contribution in [3.8, 4) is 17.1 Å². The first-order valence-electron chi connectivity index (χ1n) is 8.97. The fraction of sp³-hybridized carbons (Fsp3) is 0.333. The standard InChI is InChI=1S/C21H22N2O3/c1-13-7-16(8-14(2)20(13)25)19-10-18(24)17-9-15(11-22-21(17)26-19)12-23-5-3-4-6-23/h7-11,25H,3-6,12H2,1-2H3. The number of nitrogens with zero attached hydrogens (tertiary/aromatic N) is 2. The van der Waals surface area contributed by atoms with E-state index in [0.29, 0.717) is 16.9 Å². The minimum atomic E-state index is -0.0968. The number of fused-ring (bicyclic) bond motifs is 1. The number of phenolic OH excluding ortho intramolecular Hbond substituents is 1. The Kier molecular flexibility index (Phi) is 4.24. The zero-order valence-electron chi connectivity index (χ0n) is 15.1. The Morgan fingerprint density at radius 2 is 1.81 bits per heavy atom. The summed E-state index contributed by atoms with van der Waals surface area (Å²) in [6.07, 6.45) is 4.26. The smallest absolute Gasteiger partial charge is 0.230 e. The number of likely N-dealkylation sites (tertiary alicyclic amines) is 1. The van der Waals surface area contributed by atoms with Crippen molar-refractivity contribution in [2.75, 3.05) is 13.1 Å². The van der Waals surface area contributed by atoms with Crippen LogP contribution in [0.25, 0.3) is 22.4 Å². The van der Waals surface area contributed by atoms with Gasteiger partial charge in [0.2, 0.25) is 5.71 Å². The summed E-state index contributed by atoms with van der Waals surface area (Å²) < 4.78 is 5.90. The average Bonchev–Trinajstić information content (AvgIpc) is 3.12. The van der Waals surface area contributed by atoms with Gasteiger partial charge in [0.15, 0.2) is 5.43 Å². The Labute approximate surface area is 151 Å². The van der Waals surface area contributed by atoms with E-state index in [9.17, 15) is 9.90 Å². The number of aromatic hydroxyl groups is 1. The average molecular weight is 350 g/mol. The van der Waals surface area contributed by atoms with Gasteiger partial charge in [-0.3, -0.25) is 9.69 Å². The SMILES string of the molecule is Cc1cc(-c2cc(=O)c3cc(CN4CCCC4)cnc3o2)cc(C)c1O. The van der Waals surface area contributed by atoms with Gasteiger partial charge in [0, 0.05) is 24.4 Å². The van der Waals surface area contributed by atoms with Crippen LogP contribution in [0.1, 0.15) is 29.5 Å². The molecular formula is C21H22N2O3. The van der Waals surface area contributed by atoms with Gasteiger partial charge in [-0.25, -0.2) is 4.98 Å². The third kappa shape index (κ3) is 3.10. The van der Waals surface area contributed by atoms with Crippen LogP contribution in [0.3, 0.4) is 0 Å². The molecule has 0 amide bonds. The van der Waals surface area contributed by atoms with Crippen LogP contribution in [0.2, 0.25) is 0 Å². The molecule has 1 aliphatic rings. The third-order valence-corrected chi connectivity index (χ3v) is 5.02. The second kappa shape index (κ2) is 6.57. The van der Waals surface area contributed by atoms with Crippen LogP contribution in [0.15, 0.2) is 39.7 Å². The quantitative estimate of drug-likeness (QED) is 0.779. The molecular weight excluding hydrogens is 328 g/mol. The van der Waals surface area contributed by atoms with Crippen LogP contribution in [-0.4, -0.2) is 28.1 Å². The van der Waals surface area contributed by atoms with Gasteiger partial charge in [0.1, 0.15) is 11.5 Å². The van der Waals surface area contributed by atoms with Crippen molar-refractivity contribution < 1.29 is 9.52 Å². The summed E-state index contributed by atoms with van der Waals surface area (Å²) >= 11 is 0. The van der Waals surface area contributed by atoms with E-state index in [1.54, 1.807) is 6.20 Å². The highest BCUT2D eigenvalue weighted by Gasteiger charge is 2.14. The van der Waals surface area contributed by atoms with Gasteiger partial charge in [0.25, 0.3) is 0 Å². The summed E-state index contributed by atoms with van der Waals surface area (Å²) in [4.78, 5) is 19.4. The van der Waals surface area contributed by atoms with Crippen molar-refractivity contribution in [1.82, 2.24) is 9.88 Å². The van der Waals surface area contributed by atoms with Crippen LogP contribution in [0, 0.1) is 13.8 Å². The van der Waals surface area contributed by atoms with Gasteiger partial charge in [0.05, 0.1) is 5.39 Å². The van der Waals surface area contributed by atoms with E-state index in [1.807, 2.05) is 32.0 Å². The van der Waals surface area contributed by atoms with Crippen molar-refractivity contribution >= 4 is 11.1 Å². The first-order chi connectivity index (χ1) is 12.5. The maximum Gasteiger partial charge on any atom is 0.230 e. The second-order valence-corrected chi connectivity index (χ2v) is 7.11. The Morgan fingerprint density at radius 3 is 2.50 bits per heavy atom. The van der Waals surface area contributed by atoms with E-state index < -0.39 is 0 Å². The Bertz CT molecular complexity index is 1010. The Hall–Kier alpha value is -2.66. The fourth-order valence-corrected chi connectivity index (χ4v) is 3.61. The normalized spacial score (nSPS) is 15.0. The number of benzene rings is 1. The van der Waals surface area contributed by atoms with E-state index in [-0.39, 0.29) is 11.2 Å². The summed E-state index contributed by atoms with van der Waals surface area (Å²) in [7, 11) is 0. The van der Waals surface area contributed by atoms with Crippen molar-refractivity contribution in [3.05, 3.63) is 57.4 Å². The zero-order chi connectivity index (χ0) is 18.3. The molecule has 134 valence electrons. The number of hydrogen-bond donors (Lipinski definition) is 1. The fourth-order valence-electron chi connectivity index (χ4n) is 3.61. The first-order valence-corrected chi connectivity index (χ1v) is 8.97. The van der Waals surface area contributed by atoms with Crippen molar-refractivity contribution in [2.24, 2.45) is 0 Å². The van der Waals surface area contributed by atoms with E-state index in [4.69, 9.17) is 4.42 Å². The predicted octanol–water partition coefficient (Wildman–Crippen LogP) is 3.77. The number of hydrogen-bond acceptors (Lipinski definition) is 5. The van der Waals surface area contributed by atoms with Gasteiger partial charge in [-0.2, -0.15) is 0 Å². The lowest BCUT2D eigenvalue weighted by Gasteiger charge is -2.14. The van der Waals surface area contributed by atoms with E-state index in [0.717, 1.165) is 41.9 Å². The monoisotopic (exact) mass is 350 g/mol. The van der Waals surface area contributed by atoms with Gasteiger partial charge >= 0.3 is 0 Å². The summed E-state index contributed by atoms with van der Waals surface area (Å²) in [5, 5.41) is 10.5. The summed E-state index contributed by atoms with van der Waals surface area (Å²) in [6, 6.07) is 7.03. The highest BCUT2D eigenvalue weighted by atomic mass is 16.3. The molecule has 0 radical (unpaired) electrons. The molecule has 0 bridgehead atoms. The highest BCUT2D eigenvalue weighted by molar-refractivity contribution is 5.76. The first kappa shape index (κ1) is 16.8. The number of phenols is 1. The minimum absolute atomic E-state index is 0.0968. The minimum Gasteiger partial charge on any atom is -0.507 e.